The Balaban J connectivity index is 1.79. The van der Waals surface area contributed by atoms with Gasteiger partial charge in [0.15, 0.2) is 5.16 Å². The van der Waals surface area contributed by atoms with Crippen LogP contribution in [0.2, 0.25) is 0 Å². The fourth-order valence-corrected chi connectivity index (χ4v) is 3.80. The van der Waals surface area contributed by atoms with E-state index >= 15 is 0 Å². The lowest BCUT2D eigenvalue weighted by Gasteiger charge is -2.28. The monoisotopic (exact) mass is 403 g/mol. The lowest BCUT2D eigenvalue weighted by molar-refractivity contribution is -0.120. The number of ether oxygens (including phenoxy) is 1. The van der Waals surface area contributed by atoms with Crippen LogP contribution in [0.1, 0.15) is 26.3 Å². The van der Waals surface area contributed by atoms with Crippen LogP contribution >= 0.6 is 11.8 Å². The predicted molar refractivity (Wildman–Crippen MR) is 112 cm³/mol. The lowest BCUT2D eigenvalue weighted by Crippen LogP contribution is -2.38. The van der Waals surface area contributed by atoms with Crippen LogP contribution in [-0.4, -0.2) is 58.8 Å². The van der Waals surface area contributed by atoms with Crippen LogP contribution in [0.25, 0.3) is 0 Å². The summed E-state index contributed by atoms with van der Waals surface area (Å²) in [6, 6.07) is 10.3. The van der Waals surface area contributed by atoms with E-state index in [-0.39, 0.29) is 11.2 Å². The average molecular weight is 404 g/mol. The van der Waals surface area contributed by atoms with Gasteiger partial charge in [-0.2, -0.15) is 0 Å². The molecule has 0 aliphatic carbocycles. The van der Waals surface area contributed by atoms with E-state index in [0.29, 0.717) is 32.2 Å². The second-order valence-electron chi connectivity index (χ2n) is 7.35. The van der Waals surface area contributed by atoms with Crippen molar-refractivity contribution < 1.29 is 9.53 Å². The zero-order chi connectivity index (χ0) is 19.9. The highest BCUT2D eigenvalue weighted by molar-refractivity contribution is 8.00. The second kappa shape index (κ2) is 9.93. The highest BCUT2D eigenvalue weighted by Crippen LogP contribution is 2.27. The van der Waals surface area contributed by atoms with Crippen LogP contribution < -0.4 is 10.2 Å². The van der Waals surface area contributed by atoms with E-state index in [1.807, 2.05) is 25.1 Å². The van der Waals surface area contributed by atoms with Gasteiger partial charge in [-0.3, -0.25) is 9.36 Å². The molecule has 0 bridgehead atoms. The predicted octanol–water partition coefficient (Wildman–Crippen LogP) is 2.42. The fourth-order valence-electron chi connectivity index (χ4n) is 2.93. The molecule has 1 amide bonds. The third-order valence-corrected chi connectivity index (χ3v) is 5.59. The number of thioether (sulfide) groups is 1. The van der Waals surface area contributed by atoms with Crippen molar-refractivity contribution in [1.82, 2.24) is 20.1 Å². The number of hydrogen-bond acceptors (Lipinski definition) is 6. The van der Waals surface area contributed by atoms with E-state index in [2.05, 4.69) is 51.0 Å². The summed E-state index contributed by atoms with van der Waals surface area (Å²) in [6.07, 6.45) is 0. The molecular formula is C20H29N5O2S. The maximum Gasteiger partial charge on any atom is 0.233 e. The molecule has 28 heavy (non-hydrogen) atoms. The molecule has 1 saturated heterocycles. The smallest absolute Gasteiger partial charge is 0.233 e. The molecule has 1 fully saturated rings. The first-order chi connectivity index (χ1) is 13.5. The highest BCUT2D eigenvalue weighted by Gasteiger charge is 2.24. The van der Waals surface area contributed by atoms with Gasteiger partial charge in [0.1, 0.15) is 0 Å². The summed E-state index contributed by atoms with van der Waals surface area (Å²) in [6.45, 7) is 10.4. The Morgan fingerprint density at radius 3 is 2.57 bits per heavy atom. The minimum Gasteiger partial charge on any atom is -0.378 e. The van der Waals surface area contributed by atoms with Gasteiger partial charge in [0.2, 0.25) is 11.9 Å². The van der Waals surface area contributed by atoms with E-state index in [0.717, 1.165) is 24.2 Å². The van der Waals surface area contributed by atoms with E-state index in [4.69, 9.17) is 4.74 Å². The highest BCUT2D eigenvalue weighted by atomic mass is 32.2. The van der Waals surface area contributed by atoms with Gasteiger partial charge in [0, 0.05) is 19.6 Å². The molecule has 1 N–H and O–H groups in total. The maximum atomic E-state index is 12.4. The van der Waals surface area contributed by atoms with Crippen molar-refractivity contribution >= 4 is 23.6 Å². The molecule has 152 valence electrons. The van der Waals surface area contributed by atoms with Crippen LogP contribution in [0.3, 0.4) is 0 Å². The molecule has 8 heteroatoms. The molecule has 1 unspecified atom stereocenters. The first-order valence-electron chi connectivity index (χ1n) is 9.78. The van der Waals surface area contributed by atoms with Gasteiger partial charge in [-0.1, -0.05) is 55.9 Å². The normalized spacial score (nSPS) is 15.6. The van der Waals surface area contributed by atoms with Gasteiger partial charge < -0.3 is 15.0 Å². The van der Waals surface area contributed by atoms with E-state index < -0.39 is 0 Å². The third kappa shape index (κ3) is 5.48. The standard InChI is InChI=1S/C20H29N5O2S/c1-15(2)13-21-18(26)16(3)28-20-23-22-19(24-9-11-27-12-10-24)25(20)14-17-7-5-4-6-8-17/h4-8,15-16H,9-14H2,1-3H3,(H,21,26). The van der Waals surface area contributed by atoms with Crippen molar-refractivity contribution in [3.05, 3.63) is 35.9 Å². The summed E-state index contributed by atoms with van der Waals surface area (Å²) in [4.78, 5) is 14.6. The van der Waals surface area contributed by atoms with Crippen molar-refractivity contribution in [3.63, 3.8) is 0 Å². The van der Waals surface area contributed by atoms with Crippen molar-refractivity contribution in [1.29, 1.82) is 0 Å². The van der Waals surface area contributed by atoms with E-state index in [1.54, 1.807) is 0 Å². The number of carbonyl (C=O) groups is 1. The minimum absolute atomic E-state index is 0.0286. The molecule has 1 aliphatic heterocycles. The summed E-state index contributed by atoms with van der Waals surface area (Å²) in [5.74, 6) is 1.29. The Bertz CT molecular complexity index is 759. The zero-order valence-electron chi connectivity index (χ0n) is 16.8. The van der Waals surface area contributed by atoms with Gasteiger partial charge >= 0.3 is 0 Å². The molecule has 2 heterocycles. The van der Waals surface area contributed by atoms with Crippen LogP contribution in [-0.2, 0) is 16.1 Å². The average Bonchev–Trinajstić information content (AvgIpc) is 3.09. The summed E-state index contributed by atoms with van der Waals surface area (Å²) < 4.78 is 7.58. The molecule has 1 atom stereocenters. The summed E-state index contributed by atoms with van der Waals surface area (Å²) in [5.41, 5.74) is 1.18. The molecule has 1 aromatic heterocycles. The number of morpholine rings is 1. The van der Waals surface area contributed by atoms with E-state index in [9.17, 15) is 4.79 Å². The number of carbonyl (C=O) groups excluding carboxylic acids is 1. The third-order valence-electron chi connectivity index (χ3n) is 4.51. The molecular weight excluding hydrogens is 374 g/mol. The number of amides is 1. The number of aromatic nitrogens is 3. The lowest BCUT2D eigenvalue weighted by atomic mass is 10.2. The number of rotatable bonds is 8. The SMILES string of the molecule is CC(C)CNC(=O)C(C)Sc1nnc(N2CCOCC2)n1Cc1ccccc1. The van der Waals surface area contributed by atoms with E-state index in [1.165, 1.54) is 17.3 Å². The Hall–Kier alpha value is -2.06. The maximum absolute atomic E-state index is 12.4. The molecule has 1 aliphatic rings. The molecule has 0 spiro atoms. The Morgan fingerprint density at radius 1 is 1.18 bits per heavy atom. The quantitative estimate of drug-likeness (QED) is 0.683. The van der Waals surface area contributed by atoms with Crippen LogP contribution in [0.15, 0.2) is 35.5 Å². The summed E-state index contributed by atoms with van der Waals surface area (Å²) in [5, 5.41) is 12.4. The Morgan fingerprint density at radius 2 is 1.89 bits per heavy atom. The molecule has 7 nitrogen and oxygen atoms in total. The number of nitrogens with one attached hydrogen (secondary N) is 1. The van der Waals surface area contributed by atoms with Crippen LogP contribution in [0.4, 0.5) is 5.95 Å². The molecule has 1 aromatic carbocycles. The van der Waals surface area contributed by atoms with Crippen molar-refractivity contribution in [3.8, 4) is 0 Å². The van der Waals surface area contributed by atoms with Crippen LogP contribution in [0.5, 0.6) is 0 Å². The van der Waals surface area contributed by atoms with Gasteiger partial charge in [-0.05, 0) is 18.4 Å². The summed E-state index contributed by atoms with van der Waals surface area (Å²) >= 11 is 1.45. The zero-order valence-corrected chi connectivity index (χ0v) is 17.6. The largest absolute Gasteiger partial charge is 0.378 e. The van der Waals surface area contributed by atoms with Crippen molar-refractivity contribution in [2.24, 2.45) is 5.92 Å². The first kappa shape index (κ1) is 20.7. The van der Waals surface area contributed by atoms with Gasteiger partial charge in [-0.25, -0.2) is 0 Å². The Labute approximate surface area is 170 Å². The summed E-state index contributed by atoms with van der Waals surface area (Å²) in [7, 11) is 0. The molecule has 0 radical (unpaired) electrons. The van der Waals surface area contributed by atoms with Crippen LogP contribution in [0, 0.1) is 5.92 Å². The number of nitrogens with zero attached hydrogens (tertiary/aromatic N) is 4. The second-order valence-corrected chi connectivity index (χ2v) is 8.66. The topological polar surface area (TPSA) is 72.3 Å². The molecule has 3 rings (SSSR count). The minimum atomic E-state index is -0.241. The first-order valence-corrected chi connectivity index (χ1v) is 10.7. The number of hydrogen-bond donors (Lipinski definition) is 1. The van der Waals surface area contributed by atoms with Crippen molar-refractivity contribution in [2.45, 2.75) is 37.7 Å². The Kier molecular flexibility index (Phi) is 7.33. The molecule has 0 saturated carbocycles. The number of anilines is 1. The van der Waals surface area contributed by atoms with Gasteiger partial charge in [-0.15, -0.1) is 10.2 Å². The molecule has 2 aromatic rings. The van der Waals surface area contributed by atoms with Crippen molar-refractivity contribution in [2.75, 3.05) is 37.7 Å². The van der Waals surface area contributed by atoms with Gasteiger partial charge in [0.05, 0.1) is 25.0 Å². The van der Waals surface area contributed by atoms with Gasteiger partial charge in [0.25, 0.3) is 0 Å². The number of benzene rings is 1. The fraction of sp³-hybridized carbons (Fsp3) is 0.550.